The van der Waals surface area contributed by atoms with Gasteiger partial charge in [0.15, 0.2) is 0 Å². The third-order valence-corrected chi connectivity index (χ3v) is 2.53. The monoisotopic (exact) mass is 246 g/mol. The number of aromatic nitrogens is 1. The number of carbonyl (C=O) groups is 1. The zero-order valence-corrected chi connectivity index (χ0v) is 9.64. The van der Waals surface area contributed by atoms with Crippen molar-refractivity contribution >= 4 is 17.3 Å². The minimum Gasteiger partial charge on any atom is -0.478 e. The van der Waals surface area contributed by atoms with Gasteiger partial charge in [-0.1, -0.05) is 12.1 Å². The Balaban J connectivity index is 2.43. The van der Waals surface area contributed by atoms with Gasteiger partial charge in [0.1, 0.15) is 11.4 Å². The SMILES string of the molecule is Cc1cccc(F)c1Nc1ccncc1C(=O)O. The number of anilines is 2. The maximum Gasteiger partial charge on any atom is 0.339 e. The van der Waals surface area contributed by atoms with Crippen LogP contribution in [0.15, 0.2) is 36.7 Å². The zero-order chi connectivity index (χ0) is 13.1. The molecule has 0 aliphatic carbocycles. The molecule has 1 aromatic heterocycles. The summed E-state index contributed by atoms with van der Waals surface area (Å²) < 4.78 is 13.6. The molecule has 1 aromatic carbocycles. The predicted molar refractivity (Wildman–Crippen MR) is 65.6 cm³/mol. The second-order valence-electron chi connectivity index (χ2n) is 3.78. The summed E-state index contributed by atoms with van der Waals surface area (Å²) in [5.74, 6) is -1.54. The zero-order valence-electron chi connectivity index (χ0n) is 9.64. The summed E-state index contributed by atoms with van der Waals surface area (Å²) >= 11 is 0. The molecular weight excluding hydrogens is 235 g/mol. The Morgan fingerprint density at radius 3 is 2.83 bits per heavy atom. The van der Waals surface area contributed by atoms with Crippen LogP contribution in [-0.4, -0.2) is 16.1 Å². The number of benzene rings is 1. The smallest absolute Gasteiger partial charge is 0.339 e. The molecule has 5 heteroatoms. The van der Waals surface area contributed by atoms with Gasteiger partial charge >= 0.3 is 5.97 Å². The predicted octanol–water partition coefficient (Wildman–Crippen LogP) is 2.97. The minimum absolute atomic E-state index is 0.000142. The molecule has 0 spiro atoms. The lowest BCUT2D eigenvalue weighted by Gasteiger charge is -2.12. The molecule has 0 saturated carbocycles. The summed E-state index contributed by atoms with van der Waals surface area (Å²) in [6, 6.07) is 6.15. The van der Waals surface area contributed by atoms with Crippen LogP contribution >= 0.6 is 0 Å². The standard InChI is InChI=1S/C13H11FN2O2/c1-8-3-2-4-10(14)12(8)16-11-5-6-15-7-9(11)13(17)18/h2-7H,1H3,(H,15,16)(H,17,18). The van der Waals surface area contributed by atoms with E-state index in [9.17, 15) is 9.18 Å². The van der Waals surface area contributed by atoms with E-state index in [1.54, 1.807) is 19.1 Å². The molecular formula is C13H11FN2O2. The Kier molecular flexibility index (Phi) is 3.23. The lowest BCUT2D eigenvalue weighted by Crippen LogP contribution is -2.05. The highest BCUT2D eigenvalue weighted by atomic mass is 19.1. The molecule has 2 aromatic rings. The van der Waals surface area contributed by atoms with Gasteiger partial charge in [-0.05, 0) is 24.6 Å². The van der Waals surface area contributed by atoms with Crippen LogP contribution in [0.5, 0.6) is 0 Å². The number of nitrogens with one attached hydrogen (secondary N) is 1. The number of hydrogen-bond donors (Lipinski definition) is 2. The Bertz CT molecular complexity index is 579. The van der Waals surface area contributed by atoms with Crippen molar-refractivity contribution in [3.05, 3.63) is 53.6 Å². The largest absolute Gasteiger partial charge is 0.478 e. The fraction of sp³-hybridized carbons (Fsp3) is 0.0769. The van der Waals surface area contributed by atoms with E-state index in [1.165, 1.54) is 24.5 Å². The van der Waals surface area contributed by atoms with Gasteiger partial charge in [0.25, 0.3) is 0 Å². The van der Waals surface area contributed by atoms with Crippen LogP contribution < -0.4 is 5.32 Å². The number of halogens is 1. The first kappa shape index (κ1) is 12.0. The maximum atomic E-state index is 13.6. The summed E-state index contributed by atoms with van der Waals surface area (Å²) in [7, 11) is 0. The van der Waals surface area contributed by atoms with E-state index in [2.05, 4.69) is 10.3 Å². The van der Waals surface area contributed by atoms with Crippen molar-refractivity contribution in [1.29, 1.82) is 0 Å². The van der Waals surface area contributed by atoms with E-state index < -0.39 is 11.8 Å². The van der Waals surface area contributed by atoms with Gasteiger partial charge in [-0.3, -0.25) is 4.98 Å². The average Bonchev–Trinajstić information content (AvgIpc) is 2.34. The minimum atomic E-state index is -1.11. The Hall–Kier alpha value is -2.43. The average molecular weight is 246 g/mol. The topological polar surface area (TPSA) is 62.2 Å². The van der Waals surface area contributed by atoms with Gasteiger partial charge in [0.2, 0.25) is 0 Å². The number of carboxylic acid groups (broad SMARTS) is 1. The van der Waals surface area contributed by atoms with Crippen molar-refractivity contribution in [1.82, 2.24) is 4.98 Å². The van der Waals surface area contributed by atoms with Crippen LogP contribution in [0.25, 0.3) is 0 Å². The molecule has 0 bridgehead atoms. The highest BCUT2D eigenvalue weighted by molar-refractivity contribution is 5.94. The van der Waals surface area contributed by atoms with Crippen molar-refractivity contribution in [2.75, 3.05) is 5.32 Å². The van der Waals surface area contributed by atoms with E-state index in [4.69, 9.17) is 5.11 Å². The van der Waals surface area contributed by atoms with E-state index in [1.807, 2.05) is 0 Å². The molecule has 92 valence electrons. The van der Waals surface area contributed by atoms with Gasteiger partial charge in [0.05, 0.1) is 11.4 Å². The molecule has 0 amide bonds. The van der Waals surface area contributed by atoms with Crippen LogP contribution in [0.2, 0.25) is 0 Å². The number of nitrogens with zero attached hydrogens (tertiary/aromatic N) is 1. The van der Waals surface area contributed by atoms with Crippen LogP contribution in [0.3, 0.4) is 0 Å². The van der Waals surface area contributed by atoms with E-state index in [0.29, 0.717) is 11.3 Å². The molecule has 0 saturated heterocycles. The van der Waals surface area contributed by atoms with Gasteiger partial charge in [0, 0.05) is 12.4 Å². The number of rotatable bonds is 3. The highest BCUT2D eigenvalue weighted by Gasteiger charge is 2.12. The second-order valence-corrected chi connectivity index (χ2v) is 3.78. The first-order chi connectivity index (χ1) is 8.59. The number of aromatic carboxylic acids is 1. The van der Waals surface area contributed by atoms with Crippen molar-refractivity contribution in [3.8, 4) is 0 Å². The van der Waals surface area contributed by atoms with Crippen molar-refractivity contribution in [2.45, 2.75) is 6.92 Å². The number of para-hydroxylation sites is 1. The van der Waals surface area contributed by atoms with E-state index in [0.717, 1.165) is 0 Å². The van der Waals surface area contributed by atoms with Gasteiger partial charge in [-0.25, -0.2) is 9.18 Å². The molecule has 2 N–H and O–H groups in total. The van der Waals surface area contributed by atoms with Gasteiger partial charge in [-0.15, -0.1) is 0 Å². The lowest BCUT2D eigenvalue weighted by atomic mass is 10.1. The number of aryl methyl sites for hydroxylation is 1. The fourth-order valence-corrected chi connectivity index (χ4v) is 1.60. The molecule has 0 atom stereocenters. The summed E-state index contributed by atoms with van der Waals surface area (Å²) in [4.78, 5) is 14.7. The maximum absolute atomic E-state index is 13.6. The third kappa shape index (κ3) is 2.29. The molecule has 1 heterocycles. The molecule has 0 fully saturated rings. The van der Waals surface area contributed by atoms with Gasteiger partial charge in [-0.2, -0.15) is 0 Å². The normalized spacial score (nSPS) is 10.1. The Labute approximate surface area is 103 Å². The van der Waals surface area contributed by atoms with Crippen LogP contribution in [-0.2, 0) is 0 Å². The number of hydrogen-bond acceptors (Lipinski definition) is 3. The molecule has 18 heavy (non-hydrogen) atoms. The Morgan fingerprint density at radius 1 is 1.39 bits per heavy atom. The fourth-order valence-electron chi connectivity index (χ4n) is 1.60. The molecule has 0 aliphatic heterocycles. The first-order valence-corrected chi connectivity index (χ1v) is 5.29. The molecule has 0 unspecified atom stereocenters. The molecule has 2 rings (SSSR count). The molecule has 4 nitrogen and oxygen atoms in total. The van der Waals surface area contributed by atoms with E-state index in [-0.39, 0.29) is 11.3 Å². The number of pyridine rings is 1. The van der Waals surface area contributed by atoms with Crippen LogP contribution in [0, 0.1) is 12.7 Å². The third-order valence-electron chi connectivity index (χ3n) is 2.53. The van der Waals surface area contributed by atoms with Crippen molar-refractivity contribution < 1.29 is 14.3 Å². The van der Waals surface area contributed by atoms with Crippen molar-refractivity contribution in [3.63, 3.8) is 0 Å². The summed E-state index contributed by atoms with van der Waals surface area (Å²) in [5, 5.41) is 11.8. The van der Waals surface area contributed by atoms with Crippen LogP contribution in [0.4, 0.5) is 15.8 Å². The van der Waals surface area contributed by atoms with Gasteiger partial charge < -0.3 is 10.4 Å². The van der Waals surface area contributed by atoms with E-state index >= 15 is 0 Å². The quantitative estimate of drug-likeness (QED) is 0.874. The summed E-state index contributed by atoms with van der Waals surface area (Å²) in [6.07, 6.45) is 2.67. The van der Waals surface area contributed by atoms with Crippen molar-refractivity contribution in [2.24, 2.45) is 0 Å². The summed E-state index contributed by atoms with van der Waals surface area (Å²) in [5.41, 5.74) is 1.28. The first-order valence-electron chi connectivity index (χ1n) is 5.29. The second kappa shape index (κ2) is 4.83. The highest BCUT2D eigenvalue weighted by Crippen LogP contribution is 2.25. The number of carboxylic acids is 1. The lowest BCUT2D eigenvalue weighted by molar-refractivity contribution is 0.0697. The Morgan fingerprint density at radius 2 is 2.17 bits per heavy atom. The molecule has 0 radical (unpaired) electrons. The summed E-state index contributed by atoms with van der Waals surface area (Å²) in [6.45, 7) is 1.74. The van der Waals surface area contributed by atoms with Crippen LogP contribution in [0.1, 0.15) is 15.9 Å². The molecule has 0 aliphatic rings.